The highest BCUT2D eigenvalue weighted by Crippen LogP contribution is 2.04. The molecule has 0 rings (SSSR count). The number of carboxylic acid groups (broad SMARTS) is 1. The van der Waals surface area contributed by atoms with Gasteiger partial charge in [0.1, 0.15) is 0 Å². The number of allylic oxidation sites excluding steroid dienone is 7. The van der Waals surface area contributed by atoms with Gasteiger partial charge in [-0.2, -0.15) is 0 Å². The highest BCUT2D eigenvalue weighted by atomic mass is 16.4. The second kappa shape index (κ2) is 16.8. The highest BCUT2D eigenvalue weighted by Gasteiger charge is 1.96. The topological polar surface area (TPSA) is 57.5 Å². The van der Waals surface area contributed by atoms with Crippen molar-refractivity contribution in [2.75, 3.05) is 0 Å². The van der Waals surface area contributed by atoms with Gasteiger partial charge < -0.3 is 10.2 Å². The van der Waals surface area contributed by atoms with Crippen LogP contribution in [0.4, 0.5) is 0 Å². The number of rotatable bonds is 14. The summed E-state index contributed by atoms with van der Waals surface area (Å²) in [5, 5.41) is 18.2. The molecule has 1 atom stereocenters. The molecule has 0 aliphatic rings. The zero-order chi connectivity index (χ0) is 17.2. The summed E-state index contributed by atoms with van der Waals surface area (Å²) in [6.45, 7) is 2.16. The van der Waals surface area contributed by atoms with Crippen LogP contribution in [-0.2, 0) is 4.79 Å². The number of carbonyl (C=O) groups is 1. The van der Waals surface area contributed by atoms with Gasteiger partial charge in [-0.3, -0.25) is 4.79 Å². The fourth-order valence-electron chi connectivity index (χ4n) is 1.98. The SMILES string of the molecule is CCCCC[C@H](O)/C=C/C=C/C/C=C/C/C=C\CCCC(=O)O. The third-order valence-corrected chi connectivity index (χ3v) is 3.32. The van der Waals surface area contributed by atoms with Crippen LogP contribution in [0.3, 0.4) is 0 Å². The van der Waals surface area contributed by atoms with E-state index in [1.165, 1.54) is 12.8 Å². The van der Waals surface area contributed by atoms with Crippen molar-refractivity contribution in [3.63, 3.8) is 0 Å². The van der Waals surface area contributed by atoms with Crippen LogP contribution in [0.2, 0.25) is 0 Å². The van der Waals surface area contributed by atoms with Crippen molar-refractivity contribution in [1.29, 1.82) is 0 Å². The Kier molecular flexibility index (Phi) is 15.6. The molecule has 0 amide bonds. The van der Waals surface area contributed by atoms with Gasteiger partial charge in [-0.15, -0.1) is 0 Å². The van der Waals surface area contributed by atoms with Gasteiger partial charge in [0.2, 0.25) is 0 Å². The molecule has 0 aliphatic carbocycles. The van der Waals surface area contributed by atoms with Crippen molar-refractivity contribution in [2.45, 2.75) is 70.8 Å². The van der Waals surface area contributed by atoms with Crippen LogP contribution < -0.4 is 0 Å². The Morgan fingerprint density at radius 2 is 1.65 bits per heavy atom. The first-order chi connectivity index (χ1) is 11.2. The van der Waals surface area contributed by atoms with E-state index in [1.54, 1.807) is 0 Å². The molecule has 0 unspecified atom stereocenters. The van der Waals surface area contributed by atoms with Crippen LogP contribution >= 0.6 is 0 Å². The predicted molar refractivity (Wildman–Crippen MR) is 97.4 cm³/mol. The van der Waals surface area contributed by atoms with Gasteiger partial charge in [0.15, 0.2) is 0 Å². The average Bonchev–Trinajstić information content (AvgIpc) is 2.51. The van der Waals surface area contributed by atoms with E-state index in [0.717, 1.165) is 32.1 Å². The minimum Gasteiger partial charge on any atom is -0.481 e. The second-order valence-electron chi connectivity index (χ2n) is 5.58. The molecule has 0 saturated heterocycles. The summed E-state index contributed by atoms with van der Waals surface area (Å²) in [6.07, 6.45) is 23.6. The minimum absolute atomic E-state index is 0.242. The minimum atomic E-state index is -0.729. The quantitative estimate of drug-likeness (QED) is 0.263. The van der Waals surface area contributed by atoms with Crippen molar-refractivity contribution >= 4 is 5.97 Å². The molecule has 0 heterocycles. The molecule has 0 saturated carbocycles. The summed E-state index contributed by atoms with van der Waals surface area (Å²) in [5.41, 5.74) is 0. The zero-order valence-electron chi connectivity index (χ0n) is 14.4. The van der Waals surface area contributed by atoms with Crippen molar-refractivity contribution in [3.05, 3.63) is 48.6 Å². The maximum Gasteiger partial charge on any atom is 0.303 e. The zero-order valence-corrected chi connectivity index (χ0v) is 14.4. The van der Waals surface area contributed by atoms with Crippen LogP contribution in [0, 0.1) is 0 Å². The molecule has 0 radical (unpaired) electrons. The van der Waals surface area contributed by atoms with Gasteiger partial charge in [0.05, 0.1) is 6.10 Å². The molecule has 0 spiro atoms. The summed E-state index contributed by atoms with van der Waals surface area (Å²) in [6, 6.07) is 0. The Morgan fingerprint density at radius 1 is 0.957 bits per heavy atom. The molecule has 130 valence electrons. The Balaban J connectivity index is 3.57. The molecule has 2 N–H and O–H groups in total. The number of carboxylic acids is 1. The van der Waals surface area contributed by atoms with Crippen LogP contribution in [0.15, 0.2) is 48.6 Å². The van der Waals surface area contributed by atoms with Crippen molar-refractivity contribution in [2.24, 2.45) is 0 Å². The summed E-state index contributed by atoms with van der Waals surface area (Å²) in [7, 11) is 0. The summed E-state index contributed by atoms with van der Waals surface area (Å²) in [5.74, 6) is -0.729. The third kappa shape index (κ3) is 18.3. The Bertz CT molecular complexity index is 392. The number of aliphatic hydroxyl groups excluding tert-OH is 1. The van der Waals surface area contributed by atoms with E-state index < -0.39 is 5.97 Å². The van der Waals surface area contributed by atoms with Gasteiger partial charge in [-0.25, -0.2) is 0 Å². The van der Waals surface area contributed by atoms with Crippen LogP contribution in [0.5, 0.6) is 0 Å². The lowest BCUT2D eigenvalue weighted by Gasteiger charge is -2.02. The van der Waals surface area contributed by atoms with Crippen LogP contribution in [0.25, 0.3) is 0 Å². The summed E-state index contributed by atoms with van der Waals surface area (Å²) in [4.78, 5) is 10.3. The maximum atomic E-state index is 10.3. The van der Waals surface area contributed by atoms with Gasteiger partial charge in [-0.05, 0) is 32.1 Å². The van der Waals surface area contributed by atoms with E-state index in [4.69, 9.17) is 5.11 Å². The lowest BCUT2D eigenvalue weighted by molar-refractivity contribution is -0.137. The number of hydrogen-bond acceptors (Lipinski definition) is 2. The van der Waals surface area contributed by atoms with E-state index in [2.05, 4.69) is 31.2 Å². The average molecular weight is 320 g/mol. The summed E-state index contributed by atoms with van der Waals surface area (Å²) >= 11 is 0. The molecular formula is C20H32O3. The van der Waals surface area contributed by atoms with E-state index in [0.29, 0.717) is 6.42 Å². The van der Waals surface area contributed by atoms with Crippen LogP contribution in [-0.4, -0.2) is 22.3 Å². The lowest BCUT2D eigenvalue weighted by atomic mass is 10.1. The fourth-order valence-corrected chi connectivity index (χ4v) is 1.98. The molecule has 3 nitrogen and oxygen atoms in total. The van der Waals surface area contributed by atoms with Crippen molar-refractivity contribution < 1.29 is 15.0 Å². The Hall–Kier alpha value is -1.61. The molecule has 0 aromatic carbocycles. The monoisotopic (exact) mass is 320 g/mol. The number of unbranched alkanes of at least 4 members (excludes halogenated alkanes) is 3. The van der Waals surface area contributed by atoms with Gasteiger partial charge in [0.25, 0.3) is 0 Å². The number of aliphatic carboxylic acids is 1. The van der Waals surface area contributed by atoms with Gasteiger partial charge in [0, 0.05) is 6.42 Å². The van der Waals surface area contributed by atoms with Crippen LogP contribution in [0.1, 0.15) is 64.7 Å². The molecular weight excluding hydrogens is 288 g/mol. The van der Waals surface area contributed by atoms with Gasteiger partial charge in [-0.1, -0.05) is 74.8 Å². The molecule has 0 aromatic rings. The second-order valence-corrected chi connectivity index (χ2v) is 5.58. The Morgan fingerprint density at radius 3 is 2.35 bits per heavy atom. The molecule has 0 fully saturated rings. The number of aliphatic hydroxyl groups is 1. The molecule has 0 bridgehead atoms. The first-order valence-corrected chi connectivity index (χ1v) is 8.70. The van der Waals surface area contributed by atoms with E-state index in [9.17, 15) is 9.90 Å². The standard InChI is InChI=1S/C20H32O3/c1-2-3-13-16-19(21)17-14-11-9-7-5-4-6-8-10-12-15-18-20(22)23/h4-5,8-11,14,17,19,21H,2-3,6-7,12-13,15-16,18H2,1H3,(H,22,23)/b5-4+,10-8-,11-9+,17-14+/t19-/m0/s1. The van der Waals surface area contributed by atoms with Crippen molar-refractivity contribution in [3.8, 4) is 0 Å². The largest absolute Gasteiger partial charge is 0.481 e. The normalized spacial score (nSPS) is 13.8. The lowest BCUT2D eigenvalue weighted by Crippen LogP contribution is -2.00. The van der Waals surface area contributed by atoms with E-state index in [-0.39, 0.29) is 12.5 Å². The smallest absolute Gasteiger partial charge is 0.303 e. The first-order valence-electron chi connectivity index (χ1n) is 8.70. The molecule has 0 aliphatic heterocycles. The maximum absolute atomic E-state index is 10.3. The van der Waals surface area contributed by atoms with Crippen molar-refractivity contribution in [1.82, 2.24) is 0 Å². The van der Waals surface area contributed by atoms with E-state index in [1.807, 2.05) is 24.3 Å². The predicted octanol–water partition coefficient (Wildman–Crippen LogP) is 5.19. The molecule has 23 heavy (non-hydrogen) atoms. The Labute approximate surface area is 141 Å². The third-order valence-electron chi connectivity index (χ3n) is 3.32. The summed E-state index contributed by atoms with van der Waals surface area (Å²) < 4.78 is 0. The van der Waals surface area contributed by atoms with E-state index >= 15 is 0 Å². The molecule has 3 heteroatoms. The molecule has 0 aromatic heterocycles. The van der Waals surface area contributed by atoms with Gasteiger partial charge >= 0.3 is 5.97 Å². The fraction of sp³-hybridized carbons (Fsp3) is 0.550. The number of hydrogen-bond donors (Lipinski definition) is 2. The highest BCUT2D eigenvalue weighted by molar-refractivity contribution is 5.66. The first kappa shape index (κ1) is 21.4.